The molecule has 1 saturated heterocycles. The van der Waals surface area contributed by atoms with Crippen LogP contribution in [0.25, 0.3) is 0 Å². The van der Waals surface area contributed by atoms with Crippen LogP contribution < -0.4 is 0 Å². The number of carbonyl (C=O) groups excluding carboxylic acids is 3. The Morgan fingerprint density at radius 1 is 1.00 bits per heavy atom. The van der Waals surface area contributed by atoms with Crippen LogP contribution in [-0.4, -0.2) is 62.8 Å². The lowest BCUT2D eigenvalue weighted by molar-refractivity contribution is -0.310. The third kappa shape index (κ3) is 5.22. The summed E-state index contributed by atoms with van der Waals surface area (Å²) in [6.45, 7) is 7.36. The van der Waals surface area contributed by atoms with E-state index in [2.05, 4.69) is 11.3 Å². The van der Waals surface area contributed by atoms with Gasteiger partial charge in [0.1, 0.15) is 12.7 Å². The zero-order valence-corrected chi connectivity index (χ0v) is 12.9. The van der Waals surface area contributed by atoms with E-state index in [1.54, 1.807) is 13.8 Å². The monoisotopic (exact) mass is 332 g/mol. The van der Waals surface area contributed by atoms with Crippen LogP contribution in [0.1, 0.15) is 13.8 Å². The molecule has 1 aliphatic heterocycles. The highest BCUT2D eigenvalue weighted by molar-refractivity contribution is 5.40. The SMILES string of the molecule is C=CO[C@@H]1C(OC(C)C)O[C@H](COC=O)[C@@H](OC=O)[C@@H]1OC=O. The molecule has 1 heterocycles. The average molecular weight is 332 g/mol. The van der Waals surface area contributed by atoms with Gasteiger partial charge in [0.15, 0.2) is 24.6 Å². The van der Waals surface area contributed by atoms with E-state index in [1.165, 1.54) is 0 Å². The van der Waals surface area contributed by atoms with Crippen molar-refractivity contribution in [2.45, 2.75) is 50.7 Å². The number of ether oxygens (including phenoxy) is 6. The second kappa shape index (κ2) is 9.80. The Labute approximate surface area is 133 Å². The summed E-state index contributed by atoms with van der Waals surface area (Å²) in [6.07, 6.45) is -3.95. The maximum absolute atomic E-state index is 10.8. The molecule has 9 nitrogen and oxygen atoms in total. The third-order valence-corrected chi connectivity index (χ3v) is 3.00. The number of hydrogen-bond acceptors (Lipinski definition) is 9. The van der Waals surface area contributed by atoms with Crippen LogP contribution in [0.2, 0.25) is 0 Å². The first-order valence-electron chi connectivity index (χ1n) is 6.89. The first kappa shape index (κ1) is 18.9. The van der Waals surface area contributed by atoms with Crippen molar-refractivity contribution in [2.24, 2.45) is 0 Å². The summed E-state index contributed by atoms with van der Waals surface area (Å²) in [5.74, 6) is 0. The van der Waals surface area contributed by atoms with E-state index in [0.29, 0.717) is 0 Å². The molecule has 0 radical (unpaired) electrons. The Balaban J connectivity index is 3.08. The Morgan fingerprint density at radius 3 is 2.17 bits per heavy atom. The van der Waals surface area contributed by atoms with Crippen LogP contribution >= 0.6 is 0 Å². The second-order valence-electron chi connectivity index (χ2n) is 4.82. The molecule has 9 heteroatoms. The van der Waals surface area contributed by atoms with Gasteiger partial charge in [0.05, 0.1) is 12.4 Å². The Kier molecular flexibility index (Phi) is 8.06. The van der Waals surface area contributed by atoms with Gasteiger partial charge < -0.3 is 28.4 Å². The van der Waals surface area contributed by atoms with Crippen molar-refractivity contribution in [1.29, 1.82) is 0 Å². The minimum Gasteiger partial charge on any atom is -0.489 e. The normalized spacial score (nSPS) is 30.1. The van der Waals surface area contributed by atoms with E-state index >= 15 is 0 Å². The van der Waals surface area contributed by atoms with Gasteiger partial charge in [-0.15, -0.1) is 0 Å². The average Bonchev–Trinajstić information content (AvgIpc) is 2.51. The highest BCUT2D eigenvalue weighted by atomic mass is 16.7. The van der Waals surface area contributed by atoms with E-state index in [9.17, 15) is 14.4 Å². The predicted molar refractivity (Wildman–Crippen MR) is 73.8 cm³/mol. The summed E-state index contributed by atoms with van der Waals surface area (Å²) >= 11 is 0. The van der Waals surface area contributed by atoms with Crippen LogP contribution in [0, 0.1) is 0 Å². The third-order valence-electron chi connectivity index (χ3n) is 3.00. The highest BCUT2D eigenvalue weighted by Gasteiger charge is 2.51. The summed E-state index contributed by atoms with van der Waals surface area (Å²) in [5, 5.41) is 0. The van der Waals surface area contributed by atoms with Gasteiger partial charge in [-0.05, 0) is 13.8 Å². The lowest BCUT2D eigenvalue weighted by atomic mass is 9.98. The van der Waals surface area contributed by atoms with Crippen LogP contribution in [0.3, 0.4) is 0 Å². The minimum atomic E-state index is -1.05. The lowest BCUT2D eigenvalue weighted by Gasteiger charge is -2.43. The van der Waals surface area contributed by atoms with Crippen LogP contribution in [0.5, 0.6) is 0 Å². The molecule has 1 unspecified atom stereocenters. The van der Waals surface area contributed by atoms with Gasteiger partial charge >= 0.3 is 0 Å². The van der Waals surface area contributed by atoms with Crippen molar-refractivity contribution in [1.82, 2.24) is 0 Å². The lowest BCUT2D eigenvalue weighted by Crippen LogP contribution is -2.61. The zero-order valence-electron chi connectivity index (χ0n) is 12.9. The largest absolute Gasteiger partial charge is 0.489 e. The molecule has 0 spiro atoms. The molecule has 1 rings (SSSR count). The molecule has 1 aliphatic rings. The van der Waals surface area contributed by atoms with Crippen molar-refractivity contribution in [2.75, 3.05) is 6.61 Å². The van der Waals surface area contributed by atoms with Crippen molar-refractivity contribution < 1.29 is 42.8 Å². The Bertz CT molecular complexity index is 398. The molecular weight excluding hydrogens is 312 g/mol. The van der Waals surface area contributed by atoms with Gasteiger partial charge in [-0.2, -0.15) is 0 Å². The molecule has 0 aliphatic carbocycles. The fourth-order valence-electron chi connectivity index (χ4n) is 2.23. The van der Waals surface area contributed by atoms with Crippen molar-refractivity contribution in [3.8, 4) is 0 Å². The van der Waals surface area contributed by atoms with E-state index < -0.39 is 30.7 Å². The topological polar surface area (TPSA) is 107 Å². The smallest absolute Gasteiger partial charge is 0.293 e. The number of rotatable bonds is 11. The van der Waals surface area contributed by atoms with Crippen molar-refractivity contribution in [3.05, 3.63) is 12.8 Å². The first-order valence-corrected chi connectivity index (χ1v) is 6.89. The van der Waals surface area contributed by atoms with E-state index in [4.69, 9.17) is 23.7 Å². The number of hydrogen-bond donors (Lipinski definition) is 0. The maximum atomic E-state index is 10.8. The van der Waals surface area contributed by atoms with Crippen LogP contribution in [0.15, 0.2) is 12.8 Å². The van der Waals surface area contributed by atoms with Gasteiger partial charge in [0, 0.05) is 0 Å². The van der Waals surface area contributed by atoms with Gasteiger partial charge in [-0.1, -0.05) is 6.58 Å². The summed E-state index contributed by atoms with van der Waals surface area (Å²) in [7, 11) is 0. The molecule has 23 heavy (non-hydrogen) atoms. The van der Waals surface area contributed by atoms with Crippen LogP contribution in [-0.2, 0) is 42.8 Å². The second-order valence-corrected chi connectivity index (χ2v) is 4.82. The highest BCUT2D eigenvalue weighted by Crippen LogP contribution is 2.29. The van der Waals surface area contributed by atoms with E-state index in [1.807, 2.05) is 0 Å². The van der Waals surface area contributed by atoms with Gasteiger partial charge in [-0.3, -0.25) is 14.4 Å². The van der Waals surface area contributed by atoms with Gasteiger partial charge in [0.2, 0.25) is 0 Å². The standard InChI is InChI=1S/C14H20O9/c1-4-19-13-12(21-8-17)11(20-7-16)10(5-18-6-15)23-14(13)22-9(2)3/h4,6-14H,1,5H2,2-3H3/t10-,11-,12+,13+,14?/m1/s1. The molecule has 130 valence electrons. The summed E-state index contributed by atoms with van der Waals surface area (Å²) < 4.78 is 31.1. The Hall–Kier alpha value is -2.13. The van der Waals surface area contributed by atoms with Crippen LogP contribution in [0.4, 0.5) is 0 Å². The fraction of sp³-hybridized carbons (Fsp3) is 0.643. The van der Waals surface area contributed by atoms with Gasteiger partial charge in [-0.25, -0.2) is 0 Å². The minimum absolute atomic E-state index is 0.178. The first-order chi connectivity index (χ1) is 11.1. The van der Waals surface area contributed by atoms with Crippen molar-refractivity contribution in [3.63, 3.8) is 0 Å². The molecule has 5 atom stereocenters. The zero-order chi connectivity index (χ0) is 17.2. The molecule has 0 amide bonds. The van der Waals surface area contributed by atoms with Crippen molar-refractivity contribution >= 4 is 19.4 Å². The quantitative estimate of drug-likeness (QED) is 0.292. The molecule has 0 N–H and O–H groups in total. The fourth-order valence-corrected chi connectivity index (χ4v) is 2.23. The molecular formula is C14H20O9. The molecule has 1 fully saturated rings. The molecule has 0 saturated carbocycles. The summed E-state index contributed by atoms with van der Waals surface area (Å²) in [4.78, 5) is 31.9. The molecule has 0 aromatic heterocycles. The predicted octanol–water partition coefficient (Wildman–Crippen LogP) is -0.0788. The van der Waals surface area contributed by atoms with Gasteiger partial charge in [0.25, 0.3) is 19.4 Å². The molecule has 0 aromatic carbocycles. The Morgan fingerprint density at radius 2 is 1.65 bits per heavy atom. The summed E-state index contributed by atoms with van der Waals surface area (Å²) in [6, 6.07) is 0. The molecule has 0 bridgehead atoms. The summed E-state index contributed by atoms with van der Waals surface area (Å²) in [5.41, 5.74) is 0. The maximum Gasteiger partial charge on any atom is 0.293 e. The van der Waals surface area contributed by atoms with E-state index in [-0.39, 0.29) is 32.1 Å². The molecule has 0 aromatic rings. The number of carbonyl (C=O) groups is 3. The van der Waals surface area contributed by atoms with E-state index in [0.717, 1.165) is 6.26 Å².